The number of phenols is 4. The second-order valence-electron chi connectivity index (χ2n) is 7.32. The predicted octanol–water partition coefficient (Wildman–Crippen LogP) is -0.146. The first-order valence-electron chi connectivity index (χ1n) is 9.60. The molecule has 174 valence electrons. The summed E-state index contributed by atoms with van der Waals surface area (Å²) in [5.74, 6) is -2.81. The average Bonchev–Trinajstić information content (AvgIpc) is 2.76. The van der Waals surface area contributed by atoms with Crippen molar-refractivity contribution >= 4 is 17.4 Å². The molecule has 1 aliphatic rings. The van der Waals surface area contributed by atoms with Crippen LogP contribution in [0.2, 0.25) is 0 Å². The third-order valence-electron chi connectivity index (χ3n) is 5.15. The first kappa shape index (κ1) is 22.2. The lowest BCUT2D eigenvalue weighted by atomic mass is 10.0. The van der Waals surface area contributed by atoms with Crippen molar-refractivity contribution in [3.05, 3.63) is 40.6 Å². The van der Waals surface area contributed by atoms with Crippen LogP contribution in [0.15, 0.2) is 39.5 Å². The topological polar surface area (TPSA) is 199 Å². The molecule has 1 saturated heterocycles. The summed E-state index contributed by atoms with van der Waals surface area (Å²) in [7, 11) is 0. The zero-order valence-corrected chi connectivity index (χ0v) is 16.7. The summed E-state index contributed by atoms with van der Waals surface area (Å²) in [4.78, 5) is 23.9. The molecule has 1 fully saturated rings. The van der Waals surface area contributed by atoms with Gasteiger partial charge in [-0.1, -0.05) is 0 Å². The van der Waals surface area contributed by atoms with Gasteiger partial charge in [0.1, 0.15) is 34.7 Å². The van der Waals surface area contributed by atoms with Gasteiger partial charge in [-0.3, -0.25) is 9.59 Å². The summed E-state index contributed by atoms with van der Waals surface area (Å²) in [6.07, 6.45) is -4.43. The van der Waals surface area contributed by atoms with Gasteiger partial charge in [-0.05, 0) is 18.2 Å². The third kappa shape index (κ3) is 3.98. The van der Waals surface area contributed by atoms with Gasteiger partial charge in [-0.25, -0.2) is 0 Å². The number of carbonyl (C=O) groups is 1. The molecule has 3 aromatic rings. The van der Waals surface area contributed by atoms with E-state index >= 15 is 0 Å². The number of nitrogens with one attached hydrogen (secondary N) is 1. The van der Waals surface area contributed by atoms with Gasteiger partial charge in [-0.2, -0.15) is 0 Å². The molecule has 2 heterocycles. The average molecular weight is 461 g/mol. The van der Waals surface area contributed by atoms with Crippen LogP contribution in [0.4, 0.5) is 0 Å². The Hall–Kier alpha value is -4.00. The molecule has 1 aromatic heterocycles. The number of rotatable bonds is 5. The van der Waals surface area contributed by atoms with E-state index in [0.29, 0.717) is 6.41 Å². The number of hydrogen-bond acceptors (Lipinski definition) is 11. The molecule has 1 aliphatic heterocycles. The highest BCUT2D eigenvalue weighted by Crippen LogP contribution is 2.39. The van der Waals surface area contributed by atoms with Crippen LogP contribution in [0, 0.1) is 0 Å². The molecular formula is C21H19NO11. The van der Waals surface area contributed by atoms with Crippen molar-refractivity contribution in [2.24, 2.45) is 0 Å². The maximum atomic E-state index is 13.2. The molecule has 12 heteroatoms. The minimum atomic E-state index is -1.69. The van der Waals surface area contributed by atoms with Gasteiger partial charge in [0.05, 0.1) is 12.6 Å². The maximum Gasteiger partial charge on any atom is 0.239 e. The van der Waals surface area contributed by atoms with Gasteiger partial charge in [0.25, 0.3) is 0 Å². The summed E-state index contributed by atoms with van der Waals surface area (Å²) in [6.45, 7) is -0.255. The number of hydrogen-bond donors (Lipinski definition) is 7. The van der Waals surface area contributed by atoms with Gasteiger partial charge in [-0.15, -0.1) is 0 Å². The Bertz CT molecular complexity index is 1270. The molecule has 12 nitrogen and oxygen atoms in total. The number of carbonyl (C=O) groups excluding carboxylic acids is 1. The number of ether oxygens (including phenoxy) is 2. The SMILES string of the molecule is O=CN[C@H]1CO[C@@H](Oc2c(-c3ccc(O)c(O)c3)oc3cc(O)cc(O)c3c2=O)[C@H](O)[C@H]1O. The Morgan fingerprint density at radius 2 is 1.76 bits per heavy atom. The number of aromatic hydroxyl groups is 4. The fourth-order valence-electron chi connectivity index (χ4n) is 3.48. The smallest absolute Gasteiger partial charge is 0.239 e. The number of phenolic OH excluding ortho intramolecular Hbond substituents is 4. The van der Waals surface area contributed by atoms with Crippen LogP contribution in [-0.4, -0.2) is 68.2 Å². The van der Waals surface area contributed by atoms with Crippen molar-refractivity contribution in [1.82, 2.24) is 5.32 Å². The van der Waals surface area contributed by atoms with Crippen molar-refractivity contribution in [3.63, 3.8) is 0 Å². The molecule has 0 radical (unpaired) electrons. The Labute approximate surface area is 184 Å². The van der Waals surface area contributed by atoms with E-state index in [4.69, 9.17) is 13.9 Å². The van der Waals surface area contributed by atoms with Crippen molar-refractivity contribution in [2.45, 2.75) is 24.5 Å². The highest BCUT2D eigenvalue weighted by Gasteiger charge is 2.41. The highest BCUT2D eigenvalue weighted by atomic mass is 16.7. The molecule has 0 aliphatic carbocycles. The minimum Gasteiger partial charge on any atom is -0.508 e. The summed E-state index contributed by atoms with van der Waals surface area (Å²) in [6, 6.07) is 4.57. The molecular weight excluding hydrogens is 442 g/mol. The Kier molecular flexibility index (Phi) is 5.72. The zero-order valence-electron chi connectivity index (χ0n) is 16.7. The van der Waals surface area contributed by atoms with E-state index in [-0.39, 0.29) is 34.6 Å². The normalized spacial score (nSPS) is 22.7. The van der Waals surface area contributed by atoms with Crippen LogP contribution in [0.5, 0.6) is 28.7 Å². The van der Waals surface area contributed by atoms with Crippen molar-refractivity contribution in [1.29, 1.82) is 0 Å². The van der Waals surface area contributed by atoms with Crippen LogP contribution >= 0.6 is 0 Å². The van der Waals surface area contributed by atoms with Gasteiger partial charge in [0, 0.05) is 17.7 Å². The Morgan fingerprint density at radius 3 is 2.45 bits per heavy atom. The second-order valence-corrected chi connectivity index (χ2v) is 7.32. The van der Waals surface area contributed by atoms with Crippen LogP contribution < -0.4 is 15.5 Å². The Morgan fingerprint density at radius 1 is 1.00 bits per heavy atom. The lowest BCUT2D eigenvalue weighted by Gasteiger charge is -2.36. The second kappa shape index (κ2) is 8.50. The van der Waals surface area contributed by atoms with Crippen LogP contribution in [0.1, 0.15) is 0 Å². The largest absolute Gasteiger partial charge is 0.508 e. The number of benzene rings is 2. The molecule has 1 amide bonds. The number of amides is 1. The molecule has 7 N–H and O–H groups in total. The van der Waals surface area contributed by atoms with E-state index in [0.717, 1.165) is 24.3 Å². The quantitative estimate of drug-likeness (QED) is 0.197. The summed E-state index contributed by atoms with van der Waals surface area (Å²) in [5, 5.41) is 62.0. The molecule has 4 atom stereocenters. The van der Waals surface area contributed by atoms with E-state index < -0.39 is 53.0 Å². The molecule has 0 spiro atoms. The summed E-state index contributed by atoms with van der Waals surface area (Å²) >= 11 is 0. The van der Waals surface area contributed by atoms with Gasteiger partial charge >= 0.3 is 0 Å². The molecule has 0 bridgehead atoms. The third-order valence-corrected chi connectivity index (χ3v) is 5.15. The summed E-state index contributed by atoms with van der Waals surface area (Å²) in [5.41, 5.74) is -1.06. The fraction of sp³-hybridized carbons (Fsp3) is 0.238. The van der Waals surface area contributed by atoms with E-state index in [1.807, 2.05) is 0 Å². The van der Waals surface area contributed by atoms with Gasteiger partial charge in [0.2, 0.25) is 23.9 Å². The first-order chi connectivity index (χ1) is 15.7. The predicted molar refractivity (Wildman–Crippen MR) is 110 cm³/mol. The van der Waals surface area contributed by atoms with Crippen molar-refractivity contribution < 1.29 is 49.3 Å². The molecule has 33 heavy (non-hydrogen) atoms. The number of aliphatic hydroxyl groups is 2. The number of fused-ring (bicyclic) bond motifs is 1. The van der Waals surface area contributed by atoms with Crippen LogP contribution in [0.3, 0.4) is 0 Å². The number of aliphatic hydroxyl groups excluding tert-OH is 2. The lowest BCUT2D eigenvalue weighted by Crippen LogP contribution is -2.59. The standard InChI is InChI=1S/C21H19NO11/c23-7-22-10-6-31-21(18(30)16(10)28)33-20-17(29)15-13(27)4-9(24)5-14(15)32-19(20)8-1-2-11(25)12(26)3-8/h1-5,7,10,16,18,21,24-28,30H,6H2,(H,22,23)/t10-,16-,18+,21-/m0/s1. The Balaban J connectivity index is 1.85. The van der Waals surface area contributed by atoms with E-state index in [1.54, 1.807) is 0 Å². The monoisotopic (exact) mass is 461 g/mol. The first-order valence-corrected chi connectivity index (χ1v) is 9.60. The van der Waals surface area contributed by atoms with Gasteiger partial charge in [0.15, 0.2) is 17.3 Å². The molecule has 4 rings (SSSR count). The molecule has 0 unspecified atom stereocenters. The van der Waals surface area contributed by atoms with E-state index in [9.17, 15) is 40.2 Å². The van der Waals surface area contributed by atoms with Crippen molar-refractivity contribution in [2.75, 3.05) is 6.61 Å². The van der Waals surface area contributed by atoms with Crippen LogP contribution in [0.25, 0.3) is 22.3 Å². The minimum absolute atomic E-state index is 0.0634. The van der Waals surface area contributed by atoms with Crippen LogP contribution in [-0.2, 0) is 9.53 Å². The summed E-state index contributed by atoms with van der Waals surface area (Å²) < 4.78 is 16.6. The van der Waals surface area contributed by atoms with E-state index in [1.165, 1.54) is 6.07 Å². The fourth-order valence-corrected chi connectivity index (χ4v) is 3.48. The maximum absolute atomic E-state index is 13.2. The highest BCUT2D eigenvalue weighted by molar-refractivity contribution is 5.88. The zero-order chi connectivity index (χ0) is 23.9. The lowest BCUT2D eigenvalue weighted by molar-refractivity contribution is -0.217. The molecule has 2 aromatic carbocycles. The van der Waals surface area contributed by atoms with Gasteiger partial charge < -0.3 is 49.8 Å². The van der Waals surface area contributed by atoms with Crippen molar-refractivity contribution in [3.8, 4) is 40.1 Å². The van der Waals surface area contributed by atoms with E-state index in [2.05, 4.69) is 5.32 Å². The molecule has 0 saturated carbocycles.